The van der Waals surface area contributed by atoms with E-state index >= 15 is 0 Å². The molecule has 0 aliphatic rings. The molecule has 2 N–H and O–H groups in total. The van der Waals surface area contributed by atoms with Crippen LogP contribution in [-0.4, -0.2) is 18.4 Å². The van der Waals surface area contributed by atoms with E-state index in [0.717, 1.165) is 0 Å². The molecule has 0 amide bonds. The first-order valence-electron chi connectivity index (χ1n) is 4.35. The molecule has 1 heterocycles. The lowest BCUT2D eigenvalue weighted by atomic mass is 10.1. The summed E-state index contributed by atoms with van der Waals surface area (Å²) >= 11 is 0. The van der Waals surface area contributed by atoms with Crippen LogP contribution in [0.5, 0.6) is 5.75 Å². The third-order valence-electron chi connectivity index (χ3n) is 1.91. The van der Waals surface area contributed by atoms with Gasteiger partial charge >= 0.3 is 0 Å². The highest BCUT2D eigenvalue weighted by Gasteiger charge is 2.14. The van der Waals surface area contributed by atoms with Crippen molar-refractivity contribution < 1.29 is 9.53 Å². The Kier molecular flexibility index (Phi) is 3.77. The van der Waals surface area contributed by atoms with Crippen molar-refractivity contribution in [1.82, 2.24) is 4.98 Å². The maximum absolute atomic E-state index is 10.5. The number of carbonyl (C=O) groups excluding carboxylic acids is 1. The predicted octanol–water partition coefficient (Wildman–Crippen LogP) is 0.816. The smallest absolute Gasteiger partial charge is 0.168 e. The molecule has 15 heavy (non-hydrogen) atoms. The molecule has 0 saturated carbocycles. The first-order valence-corrected chi connectivity index (χ1v) is 4.35. The largest absolute Gasteiger partial charge is 0.495 e. The van der Waals surface area contributed by atoms with Crippen LogP contribution in [0.15, 0.2) is 12.1 Å². The highest BCUT2D eigenvalue weighted by Crippen LogP contribution is 2.23. The molecule has 1 atom stereocenters. The molecule has 1 aromatic heterocycles. The minimum absolute atomic E-state index is 0.131. The zero-order valence-corrected chi connectivity index (χ0v) is 8.30. The van der Waals surface area contributed by atoms with Crippen LogP contribution in [0.25, 0.3) is 0 Å². The van der Waals surface area contributed by atoms with Crippen LogP contribution in [0, 0.1) is 11.3 Å². The number of methoxy groups -OCH3 is 1. The number of nitriles is 1. The summed E-state index contributed by atoms with van der Waals surface area (Å²) in [7, 11) is 1.49. The molecule has 5 heteroatoms. The number of aldehydes is 1. The standard InChI is InChI=1S/C10H11N3O2/c1-15-9-3-2-7(6-14)13-10(9)8(12)4-5-11/h2-3,6,8H,4,12H2,1H3/t8-/m0/s1. The summed E-state index contributed by atoms with van der Waals surface area (Å²) in [6.07, 6.45) is 0.758. The highest BCUT2D eigenvalue weighted by atomic mass is 16.5. The van der Waals surface area contributed by atoms with Gasteiger partial charge in [-0.2, -0.15) is 5.26 Å². The van der Waals surface area contributed by atoms with Crippen LogP contribution < -0.4 is 10.5 Å². The second-order valence-corrected chi connectivity index (χ2v) is 2.91. The Morgan fingerprint density at radius 3 is 3.00 bits per heavy atom. The first-order chi connectivity index (χ1) is 7.22. The summed E-state index contributed by atoms with van der Waals surface area (Å²) in [5.41, 5.74) is 6.44. The number of hydrogen-bond acceptors (Lipinski definition) is 5. The Morgan fingerprint density at radius 2 is 2.47 bits per heavy atom. The molecular formula is C10H11N3O2. The molecule has 5 nitrogen and oxygen atoms in total. The second-order valence-electron chi connectivity index (χ2n) is 2.91. The van der Waals surface area contributed by atoms with Crippen molar-refractivity contribution in [3.8, 4) is 11.8 Å². The van der Waals surface area contributed by atoms with Crippen molar-refractivity contribution in [3.63, 3.8) is 0 Å². The number of nitrogens with two attached hydrogens (primary N) is 1. The van der Waals surface area contributed by atoms with Crippen molar-refractivity contribution in [2.45, 2.75) is 12.5 Å². The van der Waals surface area contributed by atoms with Gasteiger partial charge in [0.1, 0.15) is 17.1 Å². The van der Waals surface area contributed by atoms with Gasteiger partial charge in [0.2, 0.25) is 0 Å². The summed E-state index contributed by atoms with van der Waals surface area (Å²) < 4.78 is 5.04. The third-order valence-corrected chi connectivity index (χ3v) is 1.91. The van der Waals surface area contributed by atoms with Crippen LogP contribution in [0.1, 0.15) is 28.6 Å². The second kappa shape index (κ2) is 5.08. The van der Waals surface area contributed by atoms with E-state index in [9.17, 15) is 4.79 Å². The molecule has 1 rings (SSSR count). The molecule has 0 fully saturated rings. The van der Waals surface area contributed by atoms with Crippen LogP contribution in [0.2, 0.25) is 0 Å². The Balaban J connectivity index is 3.11. The number of nitrogens with zero attached hydrogens (tertiary/aromatic N) is 2. The molecule has 0 spiro atoms. The number of rotatable bonds is 4. The Hall–Kier alpha value is -1.93. The van der Waals surface area contributed by atoms with Crippen LogP contribution in [-0.2, 0) is 0 Å². The topological polar surface area (TPSA) is 89.0 Å². The number of carbonyl (C=O) groups is 1. The minimum Gasteiger partial charge on any atom is -0.495 e. The molecule has 0 bridgehead atoms. The fraction of sp³-hybridized carbons (Fsp3) is 0.300. The number of hydrogen-bond donors (Lipinski definition) is 1. The molecule has 0 unspecified atom stereocenters. The lowest BCUT2D eigenvalue weighted by molar-refractivity contribution is 0.111. The van der Waals surface area contributed by atoms with Crippen LogP contribution >= 0.6 is 0 Å². The van der Waals surface area contributed by atoms with Gasteiger partial charge in [-0.1, -0.05) is 0 Å². The van der Waals surface area contributed by atoms with Crippen molar-refractivity contribution >= 4 is 6.29 Å². The van der Waals surface area contributed by atoms with Gasteiger partial charge in [0.15, 0.2) is 6.29 Å². The molecule has 0 radical (unpaired) electrons. The van der Waals surface area contributed by atoms with E-state index < -0.39 is 6.04 Å². The van der Waals surface area contributed by atoms with Crippen molar-refractivity contribution in [2.75, 3.05) is 7.11 Å². The Bertz CT molecular complexity index is 398. The summed E-state index contributed by atoms with van der Waals surface area (Å²) in [5, 5.41) is 8.52. The Labute approximate surface area is 87.5 Å². The van der Waals surface area contributed by atoms with E-state index in [2.05, 4.69) is 4.98 Å². The maximum atomic E-state index is 10.5. The molecule has 0 aliphatic heterocycles. The summed E-state index contributed by atoms with van der Waals surface area (Å²) in [5.74, 6) is 0.489. The Morgan fingerprint density at radius 1 is 1.73 bits per heavy atom. The molecule has 0 aromatic carbocycles. The predicted molar refractivity (Wildman–Crippen MR) is 53.3 cm³/mol. The van der Waals surface area contributed by atoms with Crippen molar-refractivity contribution in [2.24, 2.45) is 5.73 Å². The average molecular weight is 205 g/mol. The number of ether oxygens (including phenoxy) is 1. The lowest BCUT2D eigenvalue weighted by Crippen LogP contribution is -2.13. The van der Waals surface area contributed by atoms with Crippen molar-refractivity contribution in [1.29, 1.82) is 5.26 Å². The van der Waals surface area contributed by atoms with E-state index in [-0.39, 0.29) is 12.1 Å². The van der Waals surface area contributed by atoms with Gasteiger partial charge in [0.25, 0.3) is 0 Å². The van der Waals surface area contributed by atoms with Gasteiger partial charge in [-0.3, -0.25) is 4.79 Å². The van der Waals surface area contributed by atoms with Gasteiger partial charge in [-0.25, -0.2) is 4.98 Å². The molecular weight excluding hydrogens is 194 g/mol. The van der Waals surface area contributed by atoms with Gasteiger partial charge in [0.05, 0.1) is 25.6 Å². The quantitative estimate of drug-likeness (QED) is 0.735. The number of aromatic nitrogens is 1. The fourth-order valence-corrected chi connectivity index (χ4v) is 1.18. The van der Waals surface area contributed by atoms with Gasteiger partial charge in [-0.15, -0.1) is 0 Å². The minimum atomic E-state index is -0.537. The number of pyridine rings is 1. The summed E-state index contributed by atoms with van der Waals surface area (Å²) in [6, 6.07) is 4.56. The van der Waals surface area contributed by atoms with Gasteiger partial charge in [-0.05, 0) is 12.1 Å². The maximum Gasteiger partial charge on any atom is 0.168 e. The normalized spacial score (nSPS) is 11.5. The van der Waals surface area contributed by atoms with Gasteiger partial charge in [0, 0.05) is 0 Å². The molecule has 78 valence electrons. The molecule has 0 aliphatic carbocycles. The van der Waals surface area contributed by atoms with Crippen molar-refractivity contribution in [3.05, 3.63) is 23.5 Å². The lowest BCUT2D eigenvalue weighted by Gasteiger charge is -2.11. The SMILES string of the molecule is COc1ccc(C=O)nc1[C@@H](N)CC#N. The zero-order valence-electron chi connectivity index (χ0n) is 8.30. The fourth-order valence-electron chi connectivity index (χ4n) is 1.18. The highest BCUT2D eigenvalue weighted by molar-refractivity contribution is 5.72. The van der Waals surface area contributed by atoms with Crippen LogP contribution in [0.3, 0.4) is 0 Å². The van der Waals surface area contributed by atoms with Crippen LogP contribution in [0.4, 0.5) is 0 Å². The van der Waals surface area contributed by atoms with Gasteiger partial charge < -0.3 is 10.5 Å². The van der Waals surface area contributed by atoms with E-state index in [0.29, 0.717) is 17.7 Å². The zero-order chi connectivity index (χ0) is 11.3. The van der Waals surface area contributed by atoms with E-state index in [4.69, 9.17) is 15.7 Å². The summed E-state index contributed by atoms with van der Waals surface area (Å²) in [4.78, 5) is 14.5. The monoisotopic (exact) mass is 205 g/mol. The third kappa shape index (κ3) is 2.51. The van der Waals surface area contributed by atoms with E-state index in [1.165, 1.54) is 13.2 Å². The first kappa shape index (κ1) is 11.1. The molecule has 1 aromatic rings. The molecule has 0 saturated heterocycles. The average Bonchev–Trinajstić information content (AvgIpc) is 2.28. The summed E-state index contributed by atoms with van der Waals surface area (Å²) in [6.45, 7) is 0. The van der Waals surface area contributed by atoms with E-state index in [1.54, 1.807) is 6.07 Å². The van der Waals surface area contributed by atoms with E-state index in [1.807, 2.05) is 6.07 Å².